The zero-order valence-corrected chi connectivity index (χ0v) is 31.2. The smallest absolute Gasteiger partial charge is 0.165 e. The van der Waals surface area contributed by atoms with Crippen molar-refractivity contribution in [2.45, 2.75) is 0 Å². The molecule has 0 spiro atoms. The van der Waals surface area contributed by atoms with Gasteiger partial charge in [-0.3, -0.25) is 0 Å². The highest BCUT2D eigenvalue weighted by atomic mass is 32.1. The molecular formula is C51H30N4OS. The molecule has 0 saturated carbocycles. The zero-order valence-electron chi connectivity index (χ0n) is 30.4. The van der Waals surface area contributed by atoms with Crippen LogP contribution in [0.15, 0.2) is 186 Å². The number of benzene rings is 8. The number of furan rings is 1. The number of fused-ring (bicyclic) bond motifs is 9. The summed E-state index contributed by atoms with van der Waals surface area (Å²) in [5.74, 6) is 1.98. The number of para-hydroxylation sites is 3. The molecule has 0 aliphatic rings. The van der Waals surface area contributed by atoms with E-state index in [0.29, 0.717) is 17.5 Å². The Morgan fingerprint density at radius 1 is 0.404 bits per heavy atom. The predicted octanol–water partition coefficient (Wildman–Crippen LogP) is 13.9. The monoisotopic (exact) mass is 746 g/mol. The second kappa shape index (κ2) is 12.6. The minimum atomic E-state index is 0.657. The molecular weight excluding hydrogens is 717 g/mol. The third-order valence-electron chi connectivity index (χ3n) is 11.1. The molecule has 0 aliphatic carbocycles. The summed E-state index contributed by atoms with van der Waals surface area (Å²) in [7, 11) is 0. The van der Waals surface area contributed by atoms with Gasteiger partial charge in [0.25, 0.3) is 0 Å². The molecule has 0 radical (unpaired) electrons. The fourth-order valence-electron chi connectivity index (χ4n) is 8.40. The van der Waals surface area contributed by atoms with Crippen LogP contribution in [0.4, 0.5) is 0 Å². The molecule has 4 aromatic heterocycles. The molecule has 0 bridgehead atoms. The average molecular weight is 747 g/mol. The molecule has 0 atom stereocenters. The van der Waals surface area contributed by atoms with Crippen molar-refractivity contribution in [1.29, 1.82) is 0 Å². The van der Waals surface area contributed by atoms with Gasteiger partial charge in [-0.15, -0.1) is 11.3 Å². The quantitative estimate of drug-likeness (QED) is 0.176. The van der Waals surface area contributed by atoms with Crippen molar-refractivity contribution in [2.24, 2.45) is 0 Å². The number of rotatable bonds is 5. The van der Waals surface area contributed by atoms with Crippen LogP contribution in [0.3, 0.4) is 0 Å². The SMILES string of the molecule is c1ccc(-c2nc(-c3ccccc3)nc(-c3cccc4c3sc3cc(-c5ccc6oc7c(-n8c9ccccc9c9ccccc98)cccc7c6c5)ccc34)n2)cc1. The van der Waals surface area contributed by atoms with Gasteiger partial charge >= 0.3 is 0 Å². The summed E-state index contributed by atoms with van der Waals surface area (Å²) in [6.45, 7) is 0. The zero-order chi connectivity index (χ0) is 37.5. The molecule has 0 fully saturated rings. The lowest BCUT2D eigenvalue weighted by Crippen LogP contribution is -2.00. The van der Waals surface area contributed by atoms with Crippen molar-refractivity contribution < 1.29 is 4.42 Å². The van der Waals surface area contributed by atoms with Gasteiger partial charge in [0.2, 0.25) is 0 Å². The van der Waals surface area contributed by atoms with Gasteiger partial charge in [0.15, 0.2) is 23.1 Å². The van der Waals surface area contributed by atoms with E-state index >= 15 is 0 Å². The number of hydrogen-bond acceptors (Lipinski definition) is 5. The molecule has 12 aromatic rings. The van der Waals surface area contributed by atoms with Crippen LogP contribution >= 0.6 is 11.3 Å². The molecule has 0 aliphatic heterocycles. The normalized spacial score (nSPS) is 11.9. The third kappa shape index (κ3) is 5.04. The van der Waals surface area contributed by atoms with Crippen molar-refractivity contribution >= 4 is 75.3 Å². The summed E-state index contributed by atoms with van der Waals surface area (Å²) in [6, 6.07) is 63.7. The lowest BCUT2D eigenvalue weighted by atomic mass is 10.0. The topological polar surface area (TPSA) is 56.7 Å². The highest BCUT2D eigenvalue weighted by molar-refractivity contribution is 7.26. The molecule has 12 rings (SSSR count). The number of nitrogens with zero attached hydrogens (tertiary/aromatic N) is 4. The first-order valence-corrected chi connectivity index (χ1v) is 19.8. The largest absolute Gasteiger partial charge is 0.454 e. The third-order valence-corrected chi connectivity index (χ3v) is 12.3. The number of aromatic nitrogens is 4. The van der Waals surface area contributed by atoms with Gasteiger partial charge in [0, 0.05) is 58.4 Å². The van der Waals surface area contributed by atoms with E-state index in [4.69, 9.17) is 19.4 Å². The highest BCUT2D eigenvalue weighted by Gasteiger charge is 2.19. The molecule has 8 aromatic carbocycles. The van der Waals surface area contributed by atoms with E-state index in [9.17, 15) is 0 Å². The summed E-state index contributed by atoms with van der Waals surface area (Å²) in [6.07, 6.45) is 0. The van der Waals surface area contributed by atoms with Gasteiger partial charge in [-0.05, 0) is 53.6 Å². The van der Waals surface area contributed by atoms with E-state index in [0.717, 1.165) is 71.2 Å². The molecule has 57 heavy (non-hydrogen) atoms. The Hall–Kier alpha value is -7.41. The molecule has 4 heterocycles. The van der Waals surface area contributed by atoms with Crippen LogP contribution in [0, 0.1) is 0 Å². The summed E-state index contributed by atoms with van der Waals surface area (Å²) in [5.41, 5.74) is 10.3. The number of hydrogen-bond donors (Lipinski definition) is 0. The van der Waals surface area contributed by atoms with Crippen LogP contribution in [0.5, 0.6) is 0 Å². The van der Waals surface area contributed by atoms with Gasteiger partial charge in [0.1, 0.15) is 5.58 Å². The first-order valence-electron chi connectivity index (χ1n) is 19.0. The Morgan fingerprint density at radius 3 is 1.70 bits per heavy atom. The summed E-state index contributed by atoms with van der Waals surface area (Å²) < 4.78 is 11.4. The van der Waals surface area contributed by atoms with Crippen molar-refractivity contribution in [2.75, 3.05) is 0 Å². The van der Waals surface area contributed by atoms with Crippen LogP contribution in [0.1, 0.15) is 0 Å². The first-order chi connectivity index (χ1) is 28.2. The average Bonchev–Trinajstić information content (AvgIpc) is 3.96. The van der Waals surface area contributed by atoms with Crippen LogP contribution < -0.4 is 0 Å². The highest BCUT2D eigenvalue weighted by Crippen LogP contribution is 2.43. The van der Waals surface area contributed by atoms with Gasteiger partial charge < -0.3 is 8.98 Å². The molecule has 266 valence electrons. The Bertz CT molecular complexity index is 3420. The minimum absolute atomic E-state index is 0.657. The fourth-order valence-corrected chi connectivity index (χ4v) is 9.66. The lowest BCUT2D eigenvalue weighted by Gasteiger charge is -2.09. The van der Waals surface area contributed by atoms with Gasteiger partial charge in [0.05, 0.1) is 16.7 Å². The van der Waals surface area contributed by atoms with E-state index in [1.165, 1.54) is 26.2 Å². The summed E-state index contributed by atoms with van der Waals surface area (Å²) in [4.78, 5) is 15.0. The van der Waals surface area contributed by atoms with Crippen LogP contribution in [0.2, 0.25) is 0 Å². The maximum atomic E-state index is 6.70. The van der Waals surface area contributed by atoms with E-state index < -0.39 is 0 Å². The molecule has 6 heteroatoms. The van der Waals surface area contributed by atoms with E-state index in [1.54, 1.807) is 11.3 Å². The Kier molecular flexibility index (Phi) is 7.03. The predicted molar refractivity (Wildman–Crippen MR) is 236 cm³/mol. The second-order valence-corrected chi connectivity index (χ2v) is 15.4. The molecule has 0 amide bonds. The van der Waals surface area contributed by atoms with Gasteiger partial charge in [-0.1, -0.05) is 140 Å². The van der Waals surface area contributed by atoms with E-state index in [2.05, 4.69) is 126 Å². The lowest BCUT2D eigenvalue weighted by molar-refractivity contribution is 0.666. The maximum Gasteiger partial charge on any atom is 0.165 e. The summed E-state index contributed by atoms with van der Waals surface area (Å²) >= 11 is 1.78. The minimum Gasteiger partial charge on any atom is -0.454 e. The van der Waals surface area contributed by atoms with Crippen LogP contribution in [0.25, 0.3) is 115 Å². The summed E-state index contributed by atoms with van der Waals surface area (Å²) in [5, 5.41) is 7.06. The van der Waals surface area contributed by atoms with Crippen LogP contribution in [-0.2, 0) is 0 Å². The van der Waals surface area contributed by atoms with Crippen LogP contribution in [-0.4, -0.2) is 19.5 Å². The second-order valence-electron chi connectivity index (χ2n) is 14.4. The number of thiophene rings is 1. The molecule has 0 N–H and O–H groups in total. The molecule has 5 nitrogen and oxygen atoms in total. The van der Waals surface area contributed by atoms with Crippen molar-refractivity contribution in [3.05, 3.63) is 182 Å². The molecule has 0 unspecified atom stereocenters. The van der Waals surface area contributed by atoms with Gasteiger partial charge in [-0.25, -0.2) is 15.0 Å². The van der Waals surface area contributed by atoms with E-state index in [-0.39, 0.29) is 0 Å². The van der Waals surface area contributed by atoms with Gasteiger partial charge in [-0.2, -0.15) is 0 Å². The van der Waals surface area contributed by atoms with Crippen molar-refractivity contribution in [1.82, 2.24) is 19.5 Å². The van der Waals surface area contributed by atoms with E-state index in [1.807, 2.05) is 60.7 Å². The Balaban J connectivity index is 0.983. The Morgan fingerprint density at radius 2 is 0.982 bits per heavy atom. The first kappa shape index (κ1) is 31.9. The van der Waals surface area contributed by atoms with Crippen molar-refractivity contribution in [3.8, 4) is 51.0 Å². The fraction of sp³-hybridized carbons (Fsp3) is 0. The maximum absolute atomic E-state index is 6.70. The van der Waals surface area contributed by atoms with Crippen molar-refractivity contribution in [3.63, 3.8) is 0 Å². The standard InChI is InChI=1S/C51H30N4OS/c1-3-13-31(14-4-1)49-52-50(32-15-5-2-6-16-32)54-51(53-49)40-21-11-20-39-37-27-25-34(30-46(37)57-48(39)40)33-26-28-45-41(29-33)38-19-12-24-44(47(38)56-45)55-42-22-9-7-17-35(42)36-18-8-10-23-43(36)55/h1-30H. The molecule has 0 saturated heterocycles. The Labute approximate surface area is 330 Å².